The number of carboxylic acids is 1. The van der Waals surface area contributed by atoms with Crippen LogP contribution in [0.4, 0.5) is 0 Å². The summed E-state index contributed by atoms with van der Waals surface area (Å²) in [7, 11) is -3.72. The van der Waals surface area contributed by atoms with E-state index in [1.54, 1.807) is 6.92 Å². The minimum Gasteiger partial charge on any atom is -0.481 e. The van der Waals surface area contributed by atoms with E-state index in [1.807, 2.05) is 4.72 Å². The van der Waals surface area contributed by atoms with Crippen LogP contribution in [0.3, 0.4) is 0 Å². The Kier molecular flexibility index (Phi) is 5.87. The molecule has 0 radical (unpaired) electrons. The molecular weight excluding hydrogens is 226 g/mol. The van der Waals surface area contributed by atoms with E-state index in [1.165, 1.54) is 0 Å². The van der Waals surface area contributed by atoms with Crippen LogP contribution in [-0.4, -0.2) is 44.4 Å². The molecule has 0 atom stereocenters. The van der Waals surface area contributed by atoms with Crippen molar-refractivity contribution in [2.75, 3.05) is 18.9 Å². The van der Waals surface area contributed by atoms with Crippen LogP contribution in [0.2, 0.25) is 0 Å². The summed E-state index contributed by atoms with van der Waals surface area (Å²) >= 11 is 0. The molecule has 0 bridgehead atoms. The van der Waals surface area contributed by atoms with E-state index >= 15 is 0 Å². The Bertz CT molecular complexity index is 322. The Morgan fingerprint density at radius 2 is 2.00 bits per heavy atom. The molecular formula is C7H13NO6S. The van der Waals surface area contributed by atoms with Gasteiger partial charge in [-0.25, -0.2) is 13.1 Å². The van der Waals surface area contributed by atoms with Gasteiger partial charge in [0.05, 0.1) is 18.8 Å². The summed E-state index contributed by atoms with van der Waals surface area (Å²) in [5, 5.41) is 8.25. The quantitative estimate of drug-likeness (QED) is 0.548. The zero-order valence-corrected chi connectivity index (χ0v) is 9.04. The first-order valence-corrected chi connectivity index (χ1v) is 5.87. The highest BCUT2D eigenvalue weighted by Crippen LogP contribution is 1.89. The first-order chi connectivity index (χ1) is 6.87. The summed E-state index contributed by atoms with van der Waals surface area (Å²) in [4.78, 5) is 20.9. The average Bonchev–Trinajstić information content (AvgIpc) is 2.13. The average molecular weight is 239 g/mol. The lowest BCUT2D eigenvalue weighted by molar-refractivity contribution is -0.141. The second-order valence-electron chi connectivity index (χ2n) is 2.59. The Morgan fingerprint density at radius 3 is 2.47 bits per heavy atom. The Labute approximate surface area is 87.5 Å². The van der Waals surface area contributed by atoms with Crippen molar-refractivity contribution in [1.82, 2.24) is 4.72 Å². The van der Waals surface area contributed by atoms with Crippen molar-refractivity contribution in [2.24, 2.45) is 0 Å². The van der Waals surface area contributed by atoms with Crippen LogP contribution in [0.15, 0.2) is 0 Å². The summed E-state index contributed by atoms with van der Waals surface area (Å²) in [6.45, 7) is 1.28. The number of sulfonamides is 1. The van der Waals surface area contributed by atoms with Gasteiger partial charge in [-0.15, -0.1) is 0 Å². The Hall–Kier alpha value is -1.15. The van der Waals surface area contributed by atoms with Crippen molar-refractivity contribution in [2.45, 2.75) is 13.3 Å². The first-order valence-electron chi connectivity index (χ1n) is 4.22. The fraction of sp³-hybridized carbons (Fsp3) is 0.714. The number of carbonyl (C=O) groups is 2. The topological polar surface area (TPSA) is 110 Å². The summed E-state index contributed by atoms with van der Waals surface area (Å²) in [5.74, 6) is -2.46. The molecule has 0 amide bonds. The van der Waals surface area contributed by atoms with Crippen molar-refractivity contribution in [3.05, 3.63) is 0 Å². The van der Waals surface area contributed by atoms with Gasteiger partial charge in [0.2, 0.25) is 10.0 Å². The SMILES string of the molecule is CCOC(=O)CNS(=O)(=O)CCC(=O)O. The lowest BCUT2D eigenvalue weighted by Crippen LogP contribution is -2.33. The van der Waals surface area contributed by atoms with Gasteiger partial charge in [-0.1, -0.05) is 0 Å². The molecule has 0 aliphatic rings. The number of rotatable bonds is 7. The number of hydrogen-bond donors (Lipinski definition) is 2. The summed E-state index contributed by atoms with van der Waals surface area (Å²) < 4.78 is 28.5. The highest BCUT2D eigenvalue weighted by Gasteiger charge is 2.14. The molecule has 0 aliphatic heterocycles. The highest BCUT2D eigenvalue weighted by atomic mass is 32.2. The zero-order valence-electron chi connectivity index (χ0n) is 8.23. The van der Waals surface area contributed by atoms with Crippen molar-refractivity contribution in [3.8, 4) is 0 Å². The fourth-order valence-corrected chi connectivity index (χ4v) is 1.60. The van der Waals surface area contributed by atoms with E-state index < -0.39 is 40.7 Å². The number of ether oxygens (including phenoxy) is 1. The van der Waals surface area contributed by atoms with Crippen LogP contribution in [0.25, 0.3) is 0 Å². The molecule has 0 aromatic rings. The van der Waals surface area contributed by atoms with E-state index in [2.05, 4.69) is 4.74 Å². The Morgan fingerprint density at radius 1 is 1.40 bits per heavy atom. The molecule has 0 aromatic carbocycles. The molecule has 0 aliphatic carbocycles. The maximum absolute atomic E-state index is 11.1. The fourth-order valence-electron chi connectivity index (χ4n) is 0.675. The Balaban J connectivity index is 3.94. The standard InChI is InChI=1S/C7H13NO6S/c1-2-14-7(11)5-8-15(12,13)4-3-6(9)10/h8H,2-5H2,1H3,(H,9,10). The van der Waals surface area contributed by atoms with Crippen LogP contribution in [-0.2, 0) is 24.3 Å². The molecule has 0 heterocycles. The number of carbonyl (C=O) groups excluding carboxylic acids is 1. The first kappa shape index (κ1) is 13.8. The van der Waals surface area contributed by atoms with Gasteiger partial charge in [-0.3, -0.25) is 9.59 Å². The molecule has 0 saturated heterocycles. The lowest BCUT2D eigenvalue weighted by Gasteiger charge is -2.04. The molecule has 8 heteroatoms. The molecule has 0 aromatic heterocycles. The summed E-state index contributed by atoms with van der Waals surface area (Å²) in [6.07, 6.45) is -0.502. The van der Waals surface area contributed by atoms with Crippen molar-refractivity contribution >= 4 is 22.0 Å². The molecule has 0 spiro atoms. The molecule has 15 heavy (non-hydrogen) atoms. The van der Waals surface area contributed by atoms with Crippen LogP contribution in [0, 0.1) is 0 Å². The molecule has 0 fully saturated rings. The van der Waals surface area contributed by atoms with Gasteiger partial charge in [0, 0.05) is 0 Å². The van der Waals surface area contributed by atoms with E-state index in [-0.39, 0.29) is 6.61 Å². The molecule has 0 rings (SSSR count). The smallest absolute Gasteiger partial charge is 0.320 e. The van der Waals surface area contributed by atoms with Gasteiger partial charge in [0.1, 0.15) is 6.54 Å². The molecule has 7 nitrogen and oxygen atoms in total. The third-order valence-corrected chi connectivity index (χ3v) is 2.65. The van der Waals surface area contributed by atoms with Gasteiger partial charge in [-0.05, 0) is 6.92 Å². The molecule has 0 saturated carbocycles. The normalized spacial score (nSPS) is 11.0. The number of esters is 1. The lowest BCUT2D eigenvalue weighted by atomic mass is 10.5. The maximum atomic E-state index is 11.1. The number of carboxylic acid groups (broad SMARTS) is 1. The molecule has 2 N–H and O–H groups in total. The predicted molar refractivity (Wildman–Crippen MR) is 50.7 cm³/mol. The second kappa shape index (κ2) is 6.36. The van der Waals surface area contributed by atoms with Gasteiger partial charge < -0.3 is 9.84 Å². The van der Waals surface area contributed by atoms with Gasteiger partial charge in [0.15, 0.2) is 0 Å². The van der Waals surface area contributed by atoms with Gasteiger partial charge in [0.25, 0.3) is 0 Å². The van der Waals surface area contributed by atoms with Crippen LogP contribution in [0.5, 0.6) is 0 Å². The van der Waals surface area contributed by atoms with E-state index in [9.17, 15) is 18.0 Å². The second-order valence-corrected chi connectivity index (χ2v) is 4.52. The maximum Gasteiger partial charge on any atom is 0.320 e. The van der Waals surface area contributed by atoms with E-state index in [0.29, 0.717) is 0 Å². The number of nitrogens with one attached hydrogen (secondary N) is 1. The van der Waals surface area contributed by atoms with Crippen molar-refractivity contribution in [1.29, 1.82) is 0 Å². The van der Waals surface area contributed by atoms with Crippen molar-refractivity contribution < 1.29 is 27.9 Å². The van der Waals surface area contributed by atoms with Crippen LogP contribution < -0.4 is 4.72 Å². The van der Waals surface area contributed by atoms with Gasteiger partial charge >= 0.3 is 11.9 Å². The van der Waals surface area contributed by atoms with E-state index in [0.717, 1.165) is 0 Å². The van der Waals surface area contributed by atoms with Crippen molar-refractivity contribution in [3.63, 3.8) is 0 Å². The number of aliphatic carboxylic acids is 1. The number of hydrogen-bond acceptors (Lipinski definition) is 5. The third-order valence-electron chi connectivity index (χ3n) is 1.33. The third kappa shape index (κ3) is 7.89. The predicted octanol–water partition coefficient (Wildman–Crippen LogP) is -1.06. The van der Waals surface area contributed by atoms with Gasteiger partial charge in [-0.2, -0.15) is 0 Å². The van der Waals surface area contributed by atoms with Crippen LogP contribution >= 0.6 is 0 Å². The highest BCUT2D eigenvalue weighted by molar-refractivity contribution is 7.89. The molecule has 0 unspecified atom stereocenters. The summed E-state index contributed by atoms with van der Waals surface area (Å²) in [6, 6.07) is 0. The zero-order chi connectivity index (χ0) is 11.9. The summed E-state index contributed by atoms with van der Waals surface area (Å²) in [5.41, 5.74) is 0. The van der Waals surface area contributed by atoms with Crippen LogP contribution in [0.1, 0.15) is 13.3 Å². The minimum absolute atomic E-state index is 0.162. The minimum atomic E-state index is -3.72. The molecule has 88 valence electrons. The van der Waals surface area contributed by atoms with E-state index in [4.69, 9.17) is 5.11 Å². The monoisotopic (exact) mass is 239 g/mol. The largest absolute Gasteiger partial charge is 0.481 e.